The van der Waals surface area contributed by atoms with E-state index in [4.69, 9.17) is 5.73 Å². The third-order valence-corrected chi connectivity index (χ3v) is 4.59. The van der Waals surface area contributed by atoms with Crippen LogP contribution in [0.4, 0.5) is 5.69 Å². The Hall–Kier alpha value is -1.49. The molecule has 0 unspecified atom stereocenters. The smallest absolute Gasteiger partial charge is 0.270 e. The molecule has 3 N–H and O–H groups in total. The van der Waals surface area contributed by atoms with Crippen molar-refractivity contribution in [3.8, 4) is 0 Å². The highest BCUT2D eigenvalue weighted by Crippen LogP contribution is 2.22. The molecule has 0 radical (unpaired) electrons. The van der Waals surface area contributed by atoms with E-state index < -0.39 is 0 Å². The molecule has 2 aliphatic heterocycles. The number of H-pyrrole nitrogens is 1. The average molecular weight is 276 g/mol. The highest BCUT2D eigenvalue weighted by atomic mass is 16.2. The summed E-state index contributed by atoms with van der Waals surface area (Å²) in [5.41, 5.74) is 6.89. The number of hydrogen-bond donors (Lipinski definition) is 2. The molecule has 3 heterocycles. The Morgan fingerprint density at radius 2 is 1.85 bits per heavy atom. The summed E-state index contributed by atoms with van der Waals surface area (Å²) in [6.45, 7) is 4.20. The fourth-order valence-corrected chi connectivity index (χ4v) is 3.42. The normalized spacial score (nSPS) is 22.1. The average Bonchev–Trinajstić information content (AvgIpc) is 2.94. The van der Waals surface area contributed by atoms with Crippen LogP contribution in [0.3, 0.4) is 0 Å². The highest BCUT2D eigenvalue weighted by Gasteiger charge is 2.28. The lowest BCUT2D eigenvalue weighted by molar-refractivity contribution is 0.0585. The van der Waals surface area contributed by atoms with Gasteiger partial charge in [0.25, 0.3) is 5.91 Å². The molecule has 2 fully saturated rings. The minimum Gasteiger partial charge on any atom is -0.397 e. The van der Waals surface area contributed by atoms with Gasteiger partial charge in [-0.1, -0.05) is 6.42 Å². The van der Waals surface area contributed by atoms with E-state index in [1.807, 2.05) is 4.90 Å². The van der Waals surface area contributed by atoms with Crippen molar-refractivity contribution in [3.63, 3.8) is 0 Å². The number of aromatic nitrogens is 1. The predicted octanol–water partition coefficient (Wildman–Crippen LogP) is 1.69. The molecule has 0 aliphatic carbocycles. The van der Waals surface area contributed by atoms with E-state index in [-0.39, 0.29) is 5.91 Å². The van der Waals surface area contributed by atoms with E-state index in [0.717, 1.165) is 25.9 Å². The minimum absolute atomic E-state index is 0.0822. The van der Waals surface area contributed by atoms with Gasteiger partial charge in [0.1, 0.15) is 5.69 Å². The van der Waals surface area contributed by atoms with Gasteiger partial charge < -0.3 is 20.5 Å². The largest absolute Gasteiger partial charge is 0.397 e. The maximum Gasteiger partial charge on any atom is 0.270 e. The van der Waals surface area contributed by atoms with Crippen LogP contribution in [0.15, 0.2) is 12.3 Å². The van der Waals surface area contributed by atoms with E-state index in [2.05, 4.69) is 9.88 Å². The number of nitrogens with one attached hydrogen (secondary N) is 1. The molecular formula is C15H24N4O. The summed E-state index contributed by atoms with van der Waals surface area (Å²) in [5, 5.41) is 0. The number of hydrogen-bond acceptors (Lipinski definition) is 3. The molecule has 0 spiro atoms. The lowest BCUT2D eigenvalue weighted by Gasteiger charge is -2.40. The van der Waals surface area contributed by atoms with Crippen molar-refractivity contribution < 1.29 is 4.79 Å². The second-order valence-corrected chi connectivity index (χ2v) is 5.97. The van der Waals surface area contributed by atoms with Gasteiger partial charge in [-0.3, -0.25) is 4.79 Å². The molecule has 0 aromatic carbocycles. The van der Waals surface area contributed by atoms with Crippen molar-refractivity contribution in [2.45, 2.75) is 38.1 Å². The molecule has 0 saturated carbocycles. The number of nitrogens with zero attached hydrogens (tertiary/aromatic N) is 2. The van der Waals surface area contributed by atoms with Crippen LogP contribution >= 0.6 is 0 Å². The molecule has 0 atom stereocenters. The van der Waals surface area contributed by atoms with Crippen molar-refractivity contribution in [2.75, 3.05) is 31.9 Å². The minimum atomic E-state index is 0.0822. The van der Waals surface area contributed by atoms with E-state index in [0.29, 0.717) is 17.4 Å². The molecule has 1 aromatic heterocycles. The summed E-state index contributed by atoms with van der Waals surface area (Å²) in [6.07, 6.45) is 7.92. The molecule has 3 rings (SSSR count). The predicted molar refractivity (Wildman–Crippen MR) is 79.6 cm³/mol. The summed E-state index contributed by atoms with van der Waals surface area (Å²) < 4.78 is 0. The van der Waals surface area contributed by atoms with Crippen LogP contribution in [0.5, 0.6) is 0 Å². The standard InChI is InChI=1S/C15H24N4O/c16-12-10-14(17-11-12)15(20)19-8-4-13(5-9-19)18-6-2-1-3-7-18/h10-11,13,17H,1-9,16H2. The van der Waals surface area contributed by atoms with Gasteiger partial charge in [0.15, 0.2) is 0 Å². The first kappa shape index (κ1) is 13.5. The number of nitrogen functional groups attached to an aromatic ring is 1. The van der Waals surface area contributed by atoms with Gasteiger partial charge in [-0.15, -0.1) is 0 Å². The van der Waals surface area contributed by atoms with Gasteiger partial charge in [0.2, 0.25) is 0 Å². The maximum atomic E-state index is 12.3. The maximum absolute atomic E-state index is 12.3. The molecule has 5 heteroatoms. The summed E-state index contributed by atoms with van der Waals surface area (Å²) in [7, 11) is 0. The van der Waals surface area contributed by atoms with Crippen LogP contribution in [0.25, 0.3) is 0 Å². The van der Waals surface area contributed by atoms with Gasteiger partial charge in [-0.2, -0.15) is 0 Å². The van der Waals surface area contributed by atoms with Crippen LogP contribution in [0, 0.1) is 0 Å². The first-order chi connectivity index (χ1) is 9.74. The number of likely N-dealkylation sites (tertiary alicyclic amines) is 2. The third kappa shape index (κ3) is 2.82. The van der Waals surface area contributed by atoms with Crippen molar-refractivity contribution in [1.29, 1.82) is 0 Å². The van der Waals surface area contributed by atoms with Gasteiger partial charge >= 0.3 is 0 Å². The number of anilines is 1. The number of rotatable bonds is 2. The molecule has 20 heavy (non-hydrogen) atoms. The fraction of sp³-hybridized carbons (Fsp3) is 0.667. The SMILES string of the molecule is Nc1c[nH]c(C(=O)N2CCC(N3CCCCC3)CC2)c1. The van der Waals surface area contributed by atoms with Crippen LogP contribution in [-0.2, 0) is 0 Å². The third-order valence-electron chi connectivity index (χ3n) is 4.59. The van der Waals surface area contributed by atoms with E-state index in [1.54, 1.807) is 12.3 Å². The Labute approximate surface area is 120 Å². The van der Waals surface area contributed by atoms with Gasteiger partial charge in [-0.05, 0) is 44.8 Å². The Morgan fingerprint density at radius 3 is 2.45 bits per heavy atom. The van der Waals surface area contributed by atoms with Gasteiger partial charge in [0.05, 0.1) is 0 Å². The first-order valence-corrected chi connectivity index (χ1v) is 7.71. The summed E-state index contributed by atoms with van der Waals surface area (Å²) in [6, 6.07) is 2.40. The van der Waals surface area contributed by atoms with E-state index in [9.17, 15) is 4.79 Å². The topological polar surface area (TPSA) is 65.4 Å². The number of carbonyl (C=O) groups is 1. The highest BCUT2D eigenvalue weighted by molar-refractivity contribution is 5.93. The lowest BCUT2D eigenvalue weighted by Crippen LogP contribution is -2.48. The summed E-state index contributed by atoms with van der Waals surface area (Å²) >= 11 is 0. The molecular weight excluding hydrogens is 252 g/mol. The van der Waals surface area contributed by atoms with Gasteiger partial charge in [0, 0.05) is 31.0 Å². The fourth-order valence-electron chi connectivity index (χ4n) is 3.42. The summed E-state index contributed by atoms with van der Waals surface area (Å²) in [5.74, 6) is 0.0822. The molecule has 2 aliphatic rings. The molecule has 2 saturated heterocycles. The Kier molecular flexibility index (Phi) is 3.96. The molecule has 110 valence electrons. The zero-order chi connectivity index (χ0) is 13.9. The van der Waals surface area contributed by atoms with Crippen LogP contribution < -0.4 is 5.73 Å². The van der Waals surface area contributed by atoms with Crippen molar-refractivity contribution >= 4 is 11.6 Å². The second kappa shape index (κ2) is 5.87. The zero-order valence-electron chi connectivity index (χ0n) is 12.0. The number of amides is 1. The second-order valence-electron chi connectivity index (χ2n) is 5.97. The van der Waals surface area contributed by atoms with Crippen LogP contribution in [0.2, 0.25) is 0 Å². The lowest BCUT2D eigenvalue weighted by atomic mass is 10.00. The monoisotopic (exact) mass is 276 g/mol. The summed E-state index contributed by atoms with van der Waals surface area (Å²) in [4.78, 5) is 19.8. The molecule has 1 aromatic rings. The van der Waals surface area contributed by atoms with Gasteiger partial charge in [-0.25, -0.2) is 0 Å². The Morgan fingerprint density at radius 1 is 1.15 bits per heavy atom. The van der Waals surface area contributed by atoms with Crippen molar-refractivity contribution in [3.05, 3.63) is 18.0 Å². The van der Waals surface area contributed by atoms with Crippen molar-refractivity contribution in [2.24, 2.45) is 0 Å². The number of piperidine rings is 2. The van der Waals surface area contributed by atoms with E-state index in [1.165, 1.54) is 32.4 Å². The molecule has 1 amide bonds. The Bertz CT molecular complexity index is 456. The molecule has 0 bridgehead atoms. The van der Waals surface area contributed by atoms with Crippen LogP contribution in [0.1, 0.15) is 42.6 Å². The number of aromatic amines is 1. The number of nitrogens with two attached hydrogens (primary N) is 1. The first-order valence-electron chi connectivity index (χ1n) is 7.71. The van der Waals surface area contributed by atoms with Crippen LogP contribution in [-0.4, -0.2) is 52.9 Å². The quantitative estimate of drug-likeness (QED) is 0.864. The van der Waals surface area contributed by atoms with E-state index >= 15 is 0 Å². The van der Waals surface area contributed by atoms with Crippen molar-refractivity contribution in [1.82, 2.24) is 14.8 Å². The zero-order valence-corrected chi connectivity index (χ0v) is 12.0. The number of carbonyl (C=O) groups excluding carboxylic acids is 1. The Balaban J connectivity index is 1.54. The molecule has 5 nitrogen and oxygen atoms in total.